The van der Waals surface area contributed by atoms with Crippen molar-refractivity contribution in [1.82, 2.24) is 0 Å². The summed E-state index contributed by atoms with van der Waals surface area (Å²) >= 11 is 0. The molecule has 0 bridgehead atoms. The van der Waals surface area contributed by atoms with Gasteiger partial charge in [-0.25, -0.2) is 0 Å². The van der Waals surface area contributed by atoms with Crippen molar-refractivity contribution in [2.45, 2.75) is 95.1 Å². The van der Waals surface area contributed by atoms with E-state index in [0.717, 1.165) is 25.7 Å². The van der Waals surface area contributed by atoms with Gasteiger partial charge in [-0.05, 0) is 31.4 Å². The Balaban J connectivity index is 2.69. The minimum atomic E-state index is -5.21. The van der Waals surface area contributed by atoms with E-state index in [2.05, 4.69) is 6.92 Å². The number of unbranched alkanes of at least 4 members (excludes halogenated alkanes) is 9. The fourth-order valence-electron chi connectivity index (χ4n) is 4.28. The number of carboxylic acid groups (broad SMARTS) is 2. The zero-order valence-electron chi connectivity index (χ0n) is 20.2. The Morgan fingerprint density at radius 2 is 1.41 bits per heavy atom. The summed E-state index contributed by atoms with van der Waals surface area (Å²) in [6, 6.07) is 8.69. The molecule has 0 amide bonds. The van der Waals surface area contributed by atoms with E-state index in [1.54, 1.807) is 30.3 Å². The van der Waals surface area contributed by atoms with Crippen LogP contribution in [0.4, 0.5) is 0 Å². The number of carboxylic acids is 2. The van der Waals surface area contributed by atoms with Crippen molar-refractivity contribution in [3.05, 3.63) is 30.3 Å². The number of benzene rings is 1. The third-order valence-electron chi connectivity index (χ3n) is 6.23. The molecule has 34 heavy (non-hydrogen) atoms. The monoisotopic (exact) mass is 500 g/mol. The second-order valence-corrected chi connectivity index (χ2v) is 10.5. The van der Waals surface area contributed by atoms with Crippen molar-refractivity contribution in [2.75, 3.05) is 6.61 Å². The van der Waals surface area contributed by atoms with Crippen LogP contribution in [-0.2, 0) is 19.7 Å². The van der Waals surface area contributed by atoms with E-state index in [0.29, 0.717) is 18.6 Å². The molecular formula is C25H40O8S. The molecule has 8 nitrogen and oxygen atoms in total. The quantitative estimate of drug-likeness (QED) is 0.156. The maximum Gasteiger partial charge on any atom is 0.328 e. The summed E-state index contributed by atoms with van der Waals surface area (Å²) < 4.78 is 37.1. The first-order valence-electron chi connectivity index (χ1n) is 12.3. The molecule has 9 heteroatoms. The largest absolute Gasteiger partial charge is 0.494 e. The van der Waals surface area contributed by atoms with Crippen LogP contribution in [0.25, 0.3) is 0 Å². The van der Waals surface area contributed by atoms with Crippen LogP contribution in [-0.4, -0.2) is 46.5 Å². The predicted octanol–water partition coefficient (Wildman–Crippen LogP) is 5.57. The summed E-state index contributed by atoms with van der Waals surface area (Å²) in [7, 11) is -5.21. The number of rotatable bonds is 20. The van der Waals surface area contributed by atoms with Crippen LogP contribution in [0.3, 0.4) is 0 Å². The van der Waals surface area contributed by atoms with Gasteiger partial charge < -0.3 is 14.9 Å². The summed E-state index contributed by atoms with van der Waals surface area (Å²) in [6.45, 7) is 2.16. The van der Waals surface area contributed by atoms with Gasteiger partial charge in [0.05, 0.1) is 12.5 Å². The fourth-order valence-corrected chi connectivity index (χ4v) is 5.48. The number of para-hydroxylation sites is 1. The zero-order chi connectivity index (χ0) is 25.5. The van der Waals surface area contributed by atoms with Gasteiger partial charge in [0.1, 0.15) is 5.75 Å². The minimum absolute atomic E-state index is 0.0147. The van der Waals surface area contributed by atoms with E-state index in [4.69, 9.17) is 4.74 Å². The van der Waals surface area contributed by atoms with Crippen LogP contribution in [0.1, 0.15) is 90.4 Å². The first-order chi connectivity index (χ1) is 16.2. The Kier molecular flexibility index (Phi) is 13.8. The Labute approximate surface area is 203 Å². The minimum Gasteiger partial charge on any atom is -0.494 e. The molecule has 0 saturated heterocycles. The van der Waals surface area contributed by atoms with Crippen LogP contribution in [0.15, 0.2) is 30.3 Å². The third-order valence-corrected chi connectivity index (χ3v) is 7.82. The van der Waals surface area contributed by atoms with Gasteiger partial charge in [0.15, 0.2) is 0 Å². The van der Waals surface area contributed by atoms with Crippen molar-refractivity contribution in [3.63, 3.8) is 0 Å². The summed E-state index contributed by atoms with van der Waals surface area (Å²) in [6.07, 6.45) is 9.31. The molecule has 0 aromatic heterocycles. The SMILES string of the molecule is CCCCCCCCCCCCC(C(=O)O)C(CCCOc1ccccc1)(C(=O)O)S(=O)(=O)O. The highest BCUT2D eigenvalue weighted by atomic mass is 32.2. The van der Waals surface area contributed by atoms with Crippen molar-refractivity contribution in [2.24, 2.45) is 5.92 Å². The van der Waals surface area contributed by atoms with Gasteiger partial charge >= 0.3 is 11.9 Å². The topological polar surface area (TPSA) is 138 Å². The first-order valence-corrected chi connectivity index (χ1v) is 13.7. The second kappa shape index (κ2) is 15.7. The van der Waals surface area contributed by atoms with Crippen molar-refractivity contribution in [3.8, 4) is 5.75 Å². The molecule has 1 rings (SSSR count). The van der Waals surface area contributed by atoms with E-state index >= 15 is 0 Å². The lowest BCUT2D eigenvalue weighted by Gasteiger charge is -2.32. The standard InChI is InChI=1S/C25H40O8S/c1-2-3-4-5-6-7-8-9-10-14-18-22(23(26)27)25(24(28)29,34(30,31)32)19-15-20-33-21-16-12-11-13-17-21/h11-13,16-17,22H,2-10,14-15,18-20H2,1H3,(H,26,27)(H,28,29)(H,30,31,32). The van der Waals surface area contributed by atoms with E-state index in [-0.39, 0.29) is 19.4 Å². The average Bonchev–Trinajstić information content (AvgIpc) is 2.78. The number of carbonyl (C=O) groups is 2. The van der Waals surface area contributed by atoms with Gasteiger partial charge in [-0.3, -0.25) is 14.1 Å². The van der Waals surface area contributed by atoms with Crippen molar-refractivity contribution in [1.29, 1.82) is 0 Å². The van der Waals surface area contributed by atoms with E-state index in [9.17, 15) is 32.8 Å². The molecule has 1 aromatic rings. The Bertz CT molecular complexity index is 825. The summed E-state index contributed by atoms with van der Waals surface area (Å²) in [4.78, 5) is 24.1. The van der Waals surface area contributed by atoms with E-state index in [1.165, 1.54) is 25.7 Å². The average molecular weight is 501 g/mol. The molecule has 0 radical (unpaired) electrons. The van der Waals surface area contributed by atoms with E-state index < -0.39 is 39.1 Å². The van der Waals surface area contributed by atoms with Gasteiger partial charge in [-0.2, -0.15) is 8.42 Å². The molecule has 194 valence electrons. The zero-order valence-corrected chi connectivity index (χ0v) is 21.0. The van der Waals surface area contributed by atoms with Gasteiger partial charge in [0.2, 0.25) is 4.75 Å². The van der Waals surface area contributed by atoms with Crippen LogP contribution in [0, 0.1) is 5.92 Å². The number of aliphatic carboxylic acids is 2. The molecule has 2 atom stereocenters. The predicted molar refractivity (Wildman–Crippen MR) is 131 cm³/mol. The van der Waals surface area contributed by atoms with Crippen LogP contribution >= 0.6 is 0 Å². The molecule has 0 saturated carbocycles. The Hall–Kier alpha value is -2.13. The van der Waals surface area contributed by atoms with Crippen molar-refractivity contribution < 1.29 is 37.5 Å². The lowest BCUT2D eigenvalue weighted by atomic mass is 9.83. The molecule has 2 unspecified atom stereocenters. The van der Waals surface area contributed by atoms with Crippen LogP contribution in [0.5, 0.6) is 5.75 Å². The normalized spacial score (nSPS) is 14.3. The molecule has 0 aliphatic rings. The first kappa shape index (κ1) is 29.9. The summed E-state index contributed by atoms with van der Waals surface area (Å²) in [5, 5.41) is 19.5. The number of ether oxygens (including phenoxy) is 1. The summed E-state index contributed by atoms with van der Waals surface area (Å²) in [5.74, 6) is -4.63. The van der Waals surface area contributed by atoms with Crippen molar-refractivity contribution >= 4 is 22.1 Å². The maximum atomic E-state index is 12.3. The molecule has 0 aliphatic carbocycles. The third kappa shape index (κ3) is 9.62. The lowest BCUT2D eigenvalue weighted by Crippen LogP contribution is -2.55. The fraction of sp³-hybridized carbons (Fsp3) is 0.680. The van der Waals surface area contributed by atoms with E-state index in [1.807, 2.05) is 0 Å². The second-order valence-electron chi connectivity index (χ2n) is 8.80. The van der Waals surface area contributed by atoms with Gasteiger partial charge in [0, 0.05) is 0 Å². The van der Waals surface area contributed by atoms with Gasteiger partial charge in [-0.15, -0.1) is 0 Å². The maximum absolute atomic E-state index is 12.3. The van der Waals surface area contributed by atoms with Gasteiger partial charge in [-0.1, -0.05) is 89.3 Å². The smallest absolute Gasteiger partial charge is 0.328 e. The molecule has 3 N–H and O–H groups in total. The number of hydrogen-bond acceptors (Lipinski definition) is 5. The van der Waals surface area contributed by atoms with Gasteiger partial charge in [0.25, 0.3) is 10.1 Å². The molecule has 0 heterocycles. The lowest BCUT2D eigenvalue weighted by molar-refractivity contribution is -0.152. The molecular weight excluding hydrogens is 460 g/mol. The molecule has 0 aliphatic heterocycles. The summed E-state index contributed by atoms with van der Waals surface area (Å²) in [5.41, 5.74) is 0. The highest BCUT2D eigenvalue weighted by Gasteiger charge is 2.58. The van der Waals surface area contributed by atoms with Crippen LogP contribution in [0.2, 0.25) is 0 Å². The molecule has 1 aromatic carbocycles. The molecule has 0 spiro atoms. The highest BCUT2D eigenvalue weighted by Crippen LogP contribution is 2.36. The molecule has 0 fully saturated rings. The Morgan fingerprint density at radius 1 is 0.882 bits per heavy atom. The Morgan fingerprint density at radius 3 is 1.88 bits per heavy atom. The highest BCUT2D eigenvalue weighted by molar-refractivity contribution is 7.88. The number of hydrogen-bond donors (Lipinski definition) is 3. The van der Waals surface area contributed by atoms with Crippen LogP contribution < -0.4 is 4.74 Å².